The molecule has 1 aliphatic heterocycles. The standard InChI is InChI=1S/C15H14BrNO3/c16-13-5-7-20-14(13)9-17-6-4-11-10(8-17)2-1-3-12(11)15(18)19/h1-3,5,7H,4,6,8-9H2,(H,18,19). The largest absolute Gasteiger partial charge is 0.478 e. The van der Waals surface area contributed by atoms with Crippen LogP contribution in [0.3, 0.4) is 0 Å². The van der Waals surface area contributed by atoms with Gasteiger partial charge in [-0.25, -0.2) is 4.79 Å². The Morgan fingerprint density at radius 2 is 2.25 bits per heavy atom. The lowest BCUT2D eigenvalue weighted by atomic mass is 9.94. The molecule has 1 aliphatic rings. The van der Waals surface area contributed by atoms with Gasteiger partial charge in [0.1, 0.15) is 5.76 Å². The van der Waals surface area contributed by atoms with Crippen LogP contribution in [0.25, 0.3) is 0 Å². The maximum atomic E-state index is 11.2. The smallest absolute Gasteiger partial charge is 0.335 e. The van der Waals surface area contributed by atoms with Crippen molar-refractivity contribution in [3.8, 4) is 0 Å². The zero-order valence-corrected chi connectivity index (χ0v) is 12.4. The lowest BCUT2D eigenvalue weighted by molar-refractivity contribution is 0.0694. The summed E-state index contributed by atoms with van der Waals surface area (Å²) >= 11 is 3.46. The third-order valence-corrected chi connectivity index (χ3v) is 4.34. The van der Waals surface area contributed by atoms with Gasteiger partial charge in [-0.05, 0) is 45.6 Å². The van der Waals surface area contributed by atoms with E-state index in [1.807, 2.05) is 18.2 Å². The molecule has 0 saturated carbocycles. The number of carboxylic acid groups (broad SMARTS) is 1. The maximum absolute atomic E-state index is 11.2. The molecule has 1 aromatic heterocycles. The predicted octanol–water partition coefficient (Wildman–Crippen LogP) is 3.30. The maximum Gasteiger partial charge on any atom is 0.335 e. The number of hydrogen-bond acceptors (Lipinski definition) is 3. The number of carbonyl (C=O) groups is 1. The average Bonchev–Trinajstić information content (AvgIpc) is 2.83. The van der Waals surface area contributed by atoms with E-state index >= 15 is 0 Å². The van der Waals surface area contributed by atoms with Crippen molar-refractivity contribution < 1.29 is 14.3 Å². The minimum Gasteiger partial charge on any atom is -0.478 e. The van der Waals surface area contributed by atoms with Crippen molar-refractivity contribution in [2.24, 2.45) is 0 Å². The summed E-state index contributed by atoms with van der Waals surface area (Å²) in [5.41, 5.74) is 2.50. The van der Waals surface area contributed by atoms with E-state index in [-0.39, 0.29) is 0 Å². The Hall–Kier alpha value is -1.59. The third-order valence-electron chi connectivity index (χ3n) is 3.63. The number of halogens is 1. The summed E-state index contributed by atoms with van der Waals surface area (Å²) in [5.74, 6) is 0.0620. The molecule has 1 aromatic carbocycles. The molecule has 0 bridgehead atoms. The first-order valence-electron chi connectivity index (χ1n) is 6.43. The van der Waals surface area contributed by atoms with Gasteiger partial charge in [-0.2, -0.15) is 0 Å². The van der Waals surface area contributed by atoms with E-state index in [2.05, 4.69) is 20.8 Å². The second kappa shape index (κ2) is 5.42. The van der Waals surface area contributed by atoms with E-state index in [1.54, 1.807) is 12.3 Å². The second-order valence-corrected chi connectivity index (χ2v) is 5.76. The van der Waals surface area contributed by atoms with Gasteiger partial charge in [0.2, 0.25) is 0 Å². The quantitative estimate of drug-likeness (QED) is 0.934. The van der Waals surface area contributed by atoms with Gasteiger partial charge >= 0.3 is 5.97 Å². The molecule has 0 fully saturated rings. The highest BCUT2D eigenvalue weighted by molar-refractivity contribution is 9.10. The number of fused-ring (bicyclic) bond motifs is 1. The second-order valence-electron chi connectivity index (χ2n) is 4.90. The Balaban J connectivity index is 1.81. The number of carboxylic acids is 1. The zero-order valence-electron chi connectivity index (χ0n) is 10.8. The summed E-state index contributed by atoms with van der Waals surface area (Å²) in [4.78, 5) is 13.5. The minimum absolute atomic E-state index is 0.432. The van der Waals surface area contributed by atoms with Crippen molar-refractivity contribution >= 4 is 21.9 Å². The number of hydrogen-bond donors (Lipinski definition) is 1. The zero-order chi connectivity index (χ0) is 14.1. The molecule has 2 aromatic rings. The van der Waals surface area contributed by atoms with E-state index in [0.717, 1.165) is 47.4 Å². The Bertz CT molecular complexity index is 650. The van der Waals surface area contributed by atoms with E-state index in [4.69, 9.17) is 4.42 Å². The number of benzene rings is 1. The molecule has 2 heterocycles. The molecule has 0 saturated heterocycles. The SMILES string of the molecule is O=C(O)c1cccc2c1CCN(Cc1occc1Br)C2. The highest BCUT2D eigenvalue weighted by atomic mass is 79.9. The molecule has 0 aliphatic carbocycles. The lowest BCUT2D eigenvalue weighted by Crippen LogP contribution is -2.31. The van der Waals surface area contributed by atoms with Crippen LogP contribution in [-0.2, 0) is 19.5 Å². The van der Waals surface area contributed by atoms with Crippen LogP contribution in [0.5, 0.6) is 0 Å². The third kappa shape index (κ3) is 2.51. The van der Waals surface area contributed by atoms with Crippen molar-refractivity contribution in [2.75, 3.05) is 6.54 Å². The molecule has 1 N–H and O–H groups in total. The molecular weight excluding hydrogens is 322 g/mol. The van der Waals surface area contributed by atoms with Gasteiger partial charge in [-0.1, -0.05) is 12.1 Å². The van der Waals surface area contributed by atoms with E-state index in [1.165, 1.54) is 0 Å². The molecule has 0 atom stereocenters. The van der Waals surface area contributed by atoms with Crippen LogP contribution in [0.2, 0.25) is 0 Å². The highest BCUT2D eigenvalue weighted by Crippen LogP contribution is 2.26. The van der Waals surface area contributed by atoms with Gasteiger partial charge in [-0.3, -0.25) is 4.90 Å². The van der Waals surface area contributed by atoms with Crippen LogP contribution in [-0.4, -0.2) is 22.5 Å². The summed E-state index contributed by atoms with van der Waals surface area (Å²) in [5, 5.41) is 9.22. The van der Waals surface area contributed by atoms with E-state index in [9.17, 15) is 9.90 Å². The van der Waals surface area contributed by atoms with Gasteiger partial charge in [0.25, 0.3) is 0 Å². The molecule has 0 unspecified atom stereocenters. The fraction of sp³-hybridized carbons (Fsp3) is 0.267. The number of rotatable bonds is 3. The van der Waals surface area contributed by atoms with E-state index in [0.29, 0.717) is 5.56 Å². The predicted molar refractivity (Wildman–Crippen MR) is 77.6 cm³/mol. The Kier molecular flexibility index (Phi) is 3.63. The molecule has 3 rings (SSSR count). The van der Waals surface area contributed by atoms with Gasteiger partial charge in [0.15, 0.2) is 0 Å². The molecule has 0 radical (unpaired) electrons. The Morgan fingerprint density at radius 3 is 2.95 bits per heavy atom. The van der Waals surface area contributed by atoms with Crippen molar-refractivity contribution in [1.82, 2.24) is 4.90 Å². The van der Waals surface area contributed by atoms with Crippen molar-refractivity contribution in [3.05, 3.63) is 57.5 Å². The van der Waals surface area contributed by atoms with Crippen LogP contribution < -0.4 is 0 Å². The van der Waals surface area contributed by atoms with E-state index < -0.39 is 5.97 Å². The summed E-state index contributed by atoms with van der Waals surface area (Å²) in [6, 6.07) is 7.38. The molecular formula is C15H14BrNO3. The van der Waals surface area contributed by atoms with Gasteiger partial charge in [0, 0.05) is 13.1 Å². The summed E-state index contributed by atoms with van der Waals surface area (Å²) in [7, 11) is 0. The highest BCUT2D eigenvalue weighted by Gasteiger charge is 2.22. The Labute approximate surface area is 125 Å². The molecule has 0 amide bonds. The van der Waals surface area contributed by atoms with Gasteiger partial charge in [0.05, 0.1) is 22.8 Å². The topological polar surface area (TPSA) is 53.7 Å². The van der Waals surface area contributed by atoms with Gasteiger partial charge in [-0.15, -0.1) is 0 Å². The van der Waals surface area contributed by atoms with Gasteiger partial charge < -0.3 is 9.52 Å². The summed E-state index contributed by atoms with van der Waals surface area (Å²) in [6.45, 7) is 2.32. The lowest BCUT2D eigenvalue weighted by Gasteiger charge is -2.28. The monoisotopic (exact) mass is 335 g/mol. The molecule has 4 nitrogen and oxygen atoms in total. The molecule has 104 valence electrons. The Morgan fingerprint density at radius 1 is 1.40 bits per heavy atom. The summed E-state index contributed by atoms with van der Waals surface area (Å²) in [6.07, 6.45) is 2.43. The number of aromatic carboxylic acids is 1. The van der Waals surface area contributed by atoms with Crippen molar-refractivity contribution in [1.29, 1.82) is 0 Å². The fourth-order valence-electron chi connectivity index (χ4n) is 2.64. The first kappa shape index (κ1) is 13.4. The minimum atomic E-state index is -0.843. The number of nitrogens with zero attached hydrogens (tertiary/aromatic N) is 1. The van der Waals surface area contributed by atoms with Crippen molar-refractivity contribution in [2.45, 2.75) is 19.5 Å². The van der Waals surface area contributed by atoms with Crippen LogP contribution in [0.4, 0.5) is 0 Å². The molecule has 0 spiro atoms. The number of furan rings is 1. The first-order chi connectivity index (χ1) is 9.65. The fourth-order valence-corrected chi connectivity index (χ4v) is 2.97. The van der Waals surface area contributed by atoms with Crippen LogP contribution in [0.1, 0.15) is 27.2 Å². The first-order valence-corrected chi connectivity index (χ1v) is 7.22. The summed E-state index contributed by atoms with van der Waals surface area (Å²) < 4.78 is 6.41. The van der Waals surface area contributed by atoms with Crippen molar-refractivity contribution in [3.63, 3.8) is 0 Å². The normalized spacial score (nSPS) is 15.1. The molecule has 5 heteroatoms. The van der Waals surface area contributed by atoms with Crippen LogP contribution in [0, 0.1) is 0 Å². The average molecular weight is 336 g/mol. The van der Waals surface area contributed by atoms with Crippen LogP contribution >= 0.6 is 15.9 Å². The molecule has 20 heavy (non-hydrogen) atoms. The van der Waals surface area contributed by atoms with Crippen LogP contribution in [0.15, 0.2) is 39.4 Å².